The van der Waals surface area contributed by atoms with Gasteiger partial charge in [0.1, 0.15) is 5.75 Å². The highest BCUT2D eigenvalue weighted by Gasteiger charge is 2.36. The van der Waals surface area contributed by atoms with E-state index in [9.17, 15) is 13.2 Å². The van der Waals surface area contributed by atoms with E-state index in [1.54, 1.807) is 0 Å². The van der Waals surface area contributed by atoms with Crippen molar-refractivity contribution in [3.05, 3.63) is 28.3 Å². The van der Waals surface area contributed by atoms with E-state index in [4.69, 9.17) is 21.8 Å². The van der Waals surface area contributed by atoms with Gasteiger partial charge in [0.15, 0.2) is 0 Å². The van der Waals surface area contributed by atoms with Gasteiger partial charge in [-0.15, -0.1) is 0 Å². The Bertz CT molecular complexity index is 349. The van der Waals surface area contributed by atoms with Gasteiger partial charge in [0.2, 0.25) is 0 Å². The number of aliphatic hydroxyl groups excluding tert-OH is 1. The average molecular weight is 227 g/mol. The molecule has 6 heteroatoms. The number of benzene rings is 1. The van der Waals surface area contributed by atoms with E-state index >= 15 is 0 Å². The molecule has 0 bridgehead atoms. The van der Waals surface area contributed by atoms with Crippen LogP contribution in [0.1, 0.15) is 11.1 Å². The second-order valence-corrected chi connectivity index (χ2v) is 2.97. The van der Waals surface area contributed by atoms with Crippen LogP contribution in [-0.2, 0) is 12.8 Å². The third-order valence-electron chi connectivity index (χ3n) is 1.66. The molecule has 0 aliphatic rings. The van der Waals surface area contributed by atoms with Gasteiger partial charge in [-0.1, -0.05) is 17.7 Å². The third kappa shape index (κ3) is 1.93. The second-order valence-electron chi connectivity index (χ2n) is 2.59. The molecular formula is C8H6ClF3O2. The summed E-state index contributed by atoms with van der Waals surface area (Å²) in [5.74, 6) is -0.656. The molecule has 0 fully saturated rings. The zero-order valence-corrected chi connectivity index (χ0v) is 7.52. The van der Waals surface area contributed by atoms with Crippen LogP contribution in [0, 0.1) is 0 Å². The quantitative estimate of drug-likeness (QED) is 0.773. The van der Waals surface area contributed by atoms with Crippen LogP contribution in [0.5, 0.6) is 5.75 Å². The smallest absolute Gasteiger partial charge is 0.418 e. The number of halogens is 4. The van der Waals surface area contributed by atoms with Crippen molar-refractivity contribution in [2.75, 3.05) is 0 Å². The Balaban J connectivity index is 3.44. The van der Waals surface area contributed by atoms with Crippen molar-refractivity contribution < 1.29 is 23.4 Å². The Hall–Kier alpha value is -0.940. The molecule has 0 radical (unpaired) electrons. The molecule has 0 unspecified atom stereocenters. The van der Waals surface area contributed by atoms with Crippen molar-refractivity contribution in [1.29, 1.82) is 0 Å². The first-order chi connectivity index (χ1) is 6.38. The number of hydrogen-bond donors (Lipinski definition) is 2. The molecule has 0 aliphatic heterocycles. The SMILES string of the molecule is OCc1ccc(O)c(Cl)c1C(F)(F)F. The van der Waals surface area contributed by atoms with Crippen molar-refractivity contribution >= 4 is 11.6 Å². The lowest BCUT2D eigenvalue weighted by Crippen LogP contribution is -2.10. The number of aromatic hydroxyl groups is 1. The predicted molar refractivity (Wildman–Crippen MR) is 44.0 cm³/mol. The summed E-state index contributed by atoms with van der Waals surface area (Å²) < 4.78 is 37.1. The van der Waals surface area contributed by atoms with Crippen molar-refractivity contribution in [2.24, 2.45) is 0 Å². The fourth-order valence-corrected chi connectivity index (χ4v) is 1.33. The molecule has 0 aliphatic carbocycles. The Morgan fingerprint density at radius 1 is 1.29 bits per heavy atom. The fraction of sp³-hybridized carbons (Fsp3) is 0.250. The first-order valence-corrected chi connectivity index (χ1v) is 3.94. The van der Waals surface area contributed by atoms with Crippen LogP contribution in [0.2, 0.25) is 5.02 Å². The van der Waals surface area contributed by atoms with E-state index in [1.807, 2.05) is 0 Å². The van der Waals surface area contributed by atoms with Crippen LogP contribution in [0.25, 0.3) is 0 Å². The fourth-order valence-electron chi connectivity index (χ4n) is 1.04. The molecule has 78 valence electrons. The number of alkyl halides is 3. The molecule has 0 heterocycles. The molecule has 14 heavy (non-hydrogen) atoms. The zero-order chi connectivity index (χ0) is 10.9. The number of phenolic OH excluding ortho intramolecular Hbond substituents is 1. The zero-order valence-electron chi connectivity index (χ0n) is 6.77. The standard InChI is InChI=1S/C8H6ClF3O2/c9-7-5(14)2-1-4(3-13)6(7)8(10,11)12/h1-2,13-14H,3H2. The van der Waals surface area contributed by atoms with Gasteiger partial charge in [-0.2, -0.15) is 13.2 Å². The average Bonchev–Trinajstić information content (AvgIpc) is 2.07. The molecule has 1 aromatic carbocycles. The van der Waals surface area contributed by atoms with Gasteiger partial charge in [-0.3, -0.25) is 0 Å². The summed E-state index contributed by atoms with van der Waals surface area (Å²) >= 11 is 5.28. The van der Waals surface area contributed by atoms with Crippen LogP contribution in [0.15, 0.2) is 12.1 Å². The Morgan fingerprint density at radius 3 is 2.29 bits per heavy atom. The topological polar surface area (TPSA) is 40.5 Å². The molecule has 0 saturated carbocycles. The van der Waals surface area contributed by atoms with E-state index in [0.717, 1.165) is 12.1 Å². The number of phenols is 1. The summed E-state index contributed by atoms with van der Waals surface area (Å²) in [5, 5.41) is 16.8. The van der Waals surface area contributed by atoms with Crippen LogP contribution in [0.4, 0.5) is 13.2 Å². The van der Waals surface area contributed by atoms with E-state index in [1.165, 1.54) is 0 Å². The van der Waals surface area contributed by atoms with Gasteiger partial charge in [0, 0.05) is 0 Å². The van der Waals surface area contributed by atoms with Crippen LogP contribution < -0.4 is 0 Å². The third-order valence-corrected chi connectivity index (χ3v) is 2.04. The maximum atomic E-state index is 12.4. The Kier molecular flexibility index (Phi) is 2.92. The molecule has 1 rings (SSSR count). The number of rotatable bonds is 1. The minimum Gasteiger partial charge on any atom is -0.506 e. The largest absolute Gasteiger partial charge is 0.506 e. The molecule has 2 nitrogen and oxygen atoms in total. The number of aliphatic hydroxyl groups is 1. The van der Waals surface area contributed by atoms with Gasteiger partial charge in [-0.05, 0) is 11.6 Å². The summed E-state index contributed by atoms with van der Waals surface area (Å²) in [4.78, 5) is 0. The van der Waals surface area contributed by atoms with Gasteiger partial charge in [0.05, 0.1) is 17.2 Å². The summed E-state index contributed by atoms with van der Waals surface area (Å²) in [6.45, 7) is -0.783. The molecule has 1 aromatic rings. The molecule has 0 aromatic heterocycles. The molecular weight excluding hydrogens is 221 g/mol. The summed E-state index contributed by atoms with van der Waals surface area (Å²) in [7, 11) is 0. The second kappa shape index (κ2) is 3.67. The summed E-state index contributed by atoms with van der Waals surface area (Å²) in [5.41, 5.74) is -1.55. The van der Waals surface area contributed by atoms with Crippen LogP contribution in [-0.4, -0.2) is 10.2 Å². The molecule has 0 saturated heterocycles. The van der Waals surface area contributed by atoms with Crippen molar-refractivity contribution in [3.63, 3.8) is 0 Å². The lowest BCUT2D eigenvalue weighted by atomic mass is 10.1. The van der Waals surface area contributed by atoms with Gasteiger partial charge >= 0.3 is 6.18 Å². The Labute approximate surface area is 82.5 Å². The highest BCUT2D eigenvalue weighted by molar-refractivity contribution is 6.33. The summed E-state index contributed by atoms with van der Waals surface area (Å²) in [6.07, 6.45) is -4.69. The molecule has 2 N–H and O–H groups in total. The minimum atomic E-state index is -4.69. The normalized spacial score (nSPS) is 11.8. The first-order valence-electron chi connectivity index (χ1n) is 3.56. The van der Waals surface area contributed by atoms with Crippen LogP contribution in [0.3, 0.4) is 0 Å². The molecule has 0 amide bonds. The van der Waals surface area contributed by atoms with E-state index < -0.39 is 29.1 Å². The Morgan fingerprint density at radius 2 is 1.86 bits per heavy atom. The monoisotopic (exact) mass is 226 g/mol. The maximum absolute atomic E-state index is 12.4. The highest BCUT2D eigenvalue weighted by atomic mass is 35.5. The minimum absolute atomic E-state index is 0.361. The van der Waals surface area contributed by atoms with Gasteiger partial charge in [-0.25, -0.2) is 0 Å². The lowest BCUT2D eigenvalue weighted by Gasteiger charge is -2.13. The van der Waals surface area contributed by atoms with E-state index in [0.29, 0.717) is 0 Å². The predicted octanol–water partition coefficient (Wildman–Crippen LogP) is 2.56. The molecule has 0 spiro atoms. The van der Waals surface area contributed by atoms with Crippen molar-refractivity contribution in [3.8, 4) is 5.75 Å². The van der Waals surface area contributed by atoms with E-state index in [2.05, 4.69) is 0 Å². The maximum Gasteiger partial charge on any atom is 0.418 e. The van der Waals surface area contributed by atoms with E-state index in [-0.39, 0.29) is 5.56 Å². The molecule has 0 atom stereocenters. The van der Waals surface area contributed by atoms with Crippen molar-refractivity contribution in [1.82, 2.24) is 0 Å². The van der Waals surface area contributed by atoms with Crippen molar-refractivity contribution in [2.45, 2.75) is 12.8 Å². The highest BCUT2D eigenvalue weighted by Crippen LogP contribution is 2.41. The van der Waals surface area contributed by atoms with Crippen LogP contribution >= 0.6 is 11.6 Å². The first kappa shape index (κ1) is 11.1. The summed E-state index contributed by atoms with van der Waals surface area (Å²) in [6, 6.07) is 1.98. The number of hydrogen-bond acceptors (Lipinski definition) is 2. The van der Waals surface area contributed by atoms with Gasteiger partial charge in [0.25, 0.3) is 0 Å². The van der Waals surface area contributed by atoms with Gasteiger partial charge < -0.3 is 10.2 Å². The lowest BCUT2D eigenvalue weighted by molar-refractivity contribution is -0.138.